The summed E-state index contributed by atoms with van der Waals surface area (Å²) < 4.78 is 6.04. The molecule has 7 nitrogen and oxygen atoms in total. The highest BCUT2D eigenvalue weighted by atomic mass is 16.5. The van der Waals surface area contributed by atoms with Crippen molar-refractivity contribution < 1.29 is 24.5 Å². The number of amides is 1. The fourth-order valence-electron chi connectivity index (χ4n) is 5.52. The minimum atomic E-state index is -1.33. The van der Waals surface area contributed by atoms with Crippen molar-refractivity contribution in [3.8, 4) is 11.5 Å². The first kappa shape index (κ1) is 16.2. The highest BCUT2D eigenvalue weighted by molar-refractivity contribution is 5.89. The summed E-state index contributed by atoms with van der Waals surface area (Å²) in [7, 11) is 2.20. The molecule has 134 valence electrons. The zero-order valence-corrected chi connectivity index (χ0v) is 14.1. The number of carboxylic acid groups (broad SMARTS) is 1. The van der Waals surface area contributed by atoms with Gasteiger partial charge in [0.05, 0.1) is 0 Å². The zero-order valence-electron chi connectivity index (χ0n) is 14.1. The Morgan fingerprint density at radius 1 is 1.44 bits per heavy atom. The summed E-state index contributed by atoms with van der Waals surface area (Å²) in [5.41, 5.74) is 6.29. The number of nitrogens with zero attached hydrogens (tertiary/aromatic N) is 1. The van der Waals surface area contributed by atoms with E-state index in [2.05, 4.69) is 17.7 Å². The van der Waals surface area contributed by atoms with E-state index in [1.165, 1.54) is 5.56 Å². The Hall–Kier alpha value is -2.28. The Bertz CT molecular complexity index is 760. The minimum Gasteiger partial charge on any atom is -0.504 e. The van der Waals surface area contributed by atoms with Crippen LogP contribution in [0.2, 0.25) is 0 Å². The first-order chi connectivity index (χ1) is 11.9. The molecule has 0 radical (unpaired) electrons. The lowest BCUT2D eigenvalue weighted by Gasteiger charge is -2.57. The number of phenols is 1. The first-order valence-corrected chi connectivity index (χ1v) is 8.59. The monoisotopic (exact) mass is 346 g/mol. The summed E-state index contributed by atoms with van der Waals surface area (Å²) >= 11 is 0. The van der Waals surface area contributed by atoms with Crippen LogP contribution in [-0.2, 0) is 16.6 Å². The molecular weight excluding hydrogens is 324 g/mol. The van der Waals surface area contributed by atoms with Crippen molar-refractivity contribution in [2.45, 2.75) is 43.2 Å². The number of phenolic OH excluding ortho intramolecular Hbond substituents is 1. The van der Waals surface area contributed by atoms with Crippen molar-refractivity contribution in [3.05, 3.63) is 23.3 Å². The van der Waals surface area contributed by atoms with E-state index in [0.29, 0.717) is 24.1 Å². The molecule has 5 rings (SSSR count). The number of hydrogen-bond donors (Lipinski definition) is 3. The molecule has 1 aromatic carbocycles. The second kappa shape index (κ2) is 5.36. The molecule has 0 aromatic heterocycles. The van der Waals surface area contributed by atoms with Crippen molar-refractivity contribution in [3.63, 3.8) is 0 Å². The number of ether oxygens (including phenoxy) is 1. The SMILES string of the molecule is CN1CC[C@]23c4c5ccc(O)c4O[C@H]2C(=O)CC[C@H]3[C@H]1C5.NC(=O)O. The quantitative estimate of drug-likeness (QED) is 0.652. The van der Waals surface area contributed by atoms with Gasteiger partial charge >= 0.3 is 6.09 Å². The van der Waals surface area contributed by atoms with Crippen LogP contribution in [-0.4, -0.2) is 52.7 Å². The first-order valence-electron chi connectivity index (χ1n) is 8.59. The van der Waals surface area contributed by atoms with E-state index < -0.39 is 6.09 Å². The van der Waals surface area contributed by atoms with Crippen molar-refractivity contribution in [1.29, 1.82) is 0 Å². The van der Waals surface area contributed by atoms with Crippen molar-refractivity contribution in [1.82, 2.24) is 4.90 Å². The van der Waals surface area contributed by atoms with E-state index in [1.807, 2.05) is 6.07 Å². The molecule has 7 heteroatoms. The number of nitrogens with two attached hydrogens (primary N) is 1. The highest BCUT2D eigenvalue weighted by Crippen LogP contribution is 2.62. The molecule has 4 aliphatic rings. The second-order valence-electron chi connectivity index (χ2n) is 7.44. The van der Waals surface area contributed by atoms with E-state index >= 15 is 0 Å². The number of carbonyl (C=O) groups excluding carboxylic acids is 1. The van der Waals surface area contributed by atoms with E-state index in [0.717, 1.165) is 31.4 Å². The molecule has 4 atom stereocenters. The minimum absolute atomic E-state index is 0.172. The number of hydrogen-bond acceptors (Lipinski definition) is 5. The summed E-state index contributed by atoms with van der Waals surface area (Å²) in [4.78, 5) is 23.7. The molecule has 1 saturated carbocycles. The molecule has 2 heterocycles. The summed E-state index contributed by atoms with van der Waals surface area (Å²) in [5, 5.41) is 17.4. The fraction of sp³-hybridized carbons (Fsp3) is 0.556. The maximum atomic E-state index is 12.5. The number of carbonyl (C=O) groups is 2. The van der Waals surface area contributed by atoms with E-state index in [-0.39, 0.29) is 23.1 Å². The Morgan fingerprint density at radius 3 is 2.88 bits per heavy atom. The number of ketones is 1. The lowest BCUT2D eigenvalue weighted by atomic mass is 9.52. The maximum Gasteiger partial charge on any atom is 0.402 e. The van der Waals surface area contributed by atoms with Crippen LogP contribution in [0.1, 0.15) is 30.4 Å². The summed E-state index contributed by atoms with van der Waals surface area (Å²) in [6.07, 6.45) is 1.85. The predicted molar refractivity (Wildman–Crippen MR) is 88.9 cm³/mol. The second-order valence-corrected chi connectivity index (χ2v) is 7.44. The van der Waals surface area contributed by atoms with Gasteiger partial charge in [-0.05, 0) is 50.4 Å². The lowest BCUT2D eigenvalue weighted by molar-refractivity contribution is -0.138. The normalized spacial score (nSPS) is 34.4. The van der Waals surface area contributed by atoms with Gasteiger partial charge in [0.2, 0.25) is 0 Å². The maximum absolute atomic E-state index is 12.5. The molecule has 0 unspecified atom stereocenters. The summed E-state index contributed by atoms with van der Waals surface area (Å²) in [5.74, 6) is 1.50. The van der Waals surface area contributed by atoms with Crippen LogP contribution in [0.15, 0.2) is 12.1 Å². The Balaban J connectivity index is 0.000000358. The third-order valence-corrected chi connectivity index (χ3v) is 6.39. The van der Waals surface area contributed by atoms with Crippen LogP contribution in [0.25, 0.3) is 0 Å². The number of Topliss-reactive ketones (excluding diaryl/α,β-unsaturated/α-hetero) is 1. The Kier molecular flexibility index (Phi) is 3.47. The zero-order chi connectivity index (χ0) is 17.9. The van der Waals surface area contributed by atoms with E-state index in [4.69, 9.17) is 14.6 Å². The number of aromatic hydroxyl groups is 1. The smallest absolute Gasteiger partial charge is 0.402 e. The van der Waals surface area contributed by atoms with Crippen LogP contribution >= 0.6 is 0 Å². The average Bonchev–Trinajstić information content (AvgIpc) is 2.90. The number of benzene rings is 1. The van der Waals surface area contributed by atoms with Gasteiger partial charge < -0.3 is 25.6 Å². The van der Waals surface area contributed by atoms with Crippen molar-refractivity contribution in [2.24, 2.45) is 11.7 Å². The number of likely N-dealkylation sites (tertiary alicyclic amines) is 1. The Morgan fingerprint density at radius 2 is 2.16 bits per heavy atom. The molecule has 4 N–H and O–H groups in total. The van der Waals surface area contributed by atoms with Crippen LogP contribution in [0.4, 0.5) is 4.79 Å². The van der Waals surface area contributed by atoms with Gasteiger partial charge in [0.15, 0.2) is 23.4 Å². The van der Waals surface area contributed by atoms with Crippen LogP contribution < -0.4 is 10.5 Å². The summed E-state index contributed by atoms with van der Waals surface area (Å²) in [6, 6.07) is 4.26. The van der Waals surface area contributed by atoms with Gasteiger partial charge in [-0.2, -0.15) is 0 Å². The number of piperidine rings is 1. The standard InChI is InChI=1S/C17H19NO3.CH3NO2/c1-18-7-6-17-10-3-5-13(20)16(17)21-15-12(19)4-2-9(14(15)17)8-11(10)18;2-1(3)4/h2,4,10-11,16,19H,3,5-8H2,1H3;2H2,(H,3,4)/t10-,11+,16-,17-;/m0./s1. The molecule has 2 aliphatic heterocycles. The van der Waals surface area contributed by atoms with Gasteiger partial charge in [0, 0.05) is 23.4 Å². The fourth-order valence-corrected chi connectivity index (χ4v) is 5.52. The van der Waals surface area contributed by atoms with Gasteiger partial charge in [0.1, 0.15) is 0 Å². The molecule has 1 aromatic rings. The van der Waals surface area contributed by atoms with Gasteiger partial charge in [-0.3, -0.25) is 4.79 Å². The summed E-state index contributed by atoms with van der Waals surface area (Å²) in [6.45, 7) is 1.00. The van der Waals surface area contributed by atoms with E-state index in [1.54, 1.807) is 6.07 Å². The Labute approximate surface area is 145 Å². The number of likely N-dealkylation sites (N-methyl/N-ethyl adjacent to an activating group) is 1. The van der Waals surface area contributed by atoms with Crippen molar-refractivity contribution in [2.75, 3.05) is 13.6 Å². The van der Waals surface area contributed by atoms with Crippen LogP contribution in [0.3, 0.4) is 0 Å². The molecule has 2 aliphatic carbocycles. The molecular formula is C18H22N2O5. The predicted octanol–water partition coefficient (Wildman–Crippen LogP) is 1.25. The molecule has 1 saturated heterocycles. The number of rotatable bonds is 0. The van der Waals surface area contributed by atoms with Gasteiger partial charge in [-0.15, -0.1) is 0 Å². The van der Waals surface area contributed by atoms with Gasteiger partial charge in [0.25, 0.3) is 0 Å². The topological polar surface area (TPSA) is 113 Å². The molecule has 2 bridgehead atoms. The molecule has 1 amide bonds. The van der Waals surface area contributed by atoms with Crippen molar-refractivity contribution >= 4 is 11.9 Å². The largest absolute Gasteiger partial charge is 0.504 e. The molecule has 2 fully saturated rings. The van der Waals surface area contributed by atoms with E-state index in [9.17, 15) is 9.90 Å². The third-order valence-electron chi connectivity index (χ3n) is 6.39. The van der Waals surface area contributed by atoms with Gasteiger partial charge in [-0.25, -0.2) is 4.79 Å². The number of primary amides is 1. The third kappa shape index (κ3) is 2.08. The van der Waals surface area contributed by atoms with Crippen LogP contribution in [0.5, 0.6) is 11.5 Å². The molecule has 1 spiro atoms. The van der Waals surface area contributed by atoms with Crippen LogP contribution in [0, 0.1) is 5.92 Å². The molecule has 25 heavy (non-hydrogen) atoms. The average molecular weight is 346 g/mol. The lowest BCUT2D eigenvalue weighted by Crippen LogP contribution is -2.65. The highest BCUT2D eigenvalue weighted by Gasteiger charge is 2.65. The van der Waals surface area contributed by atoms with Gasteiger partial charge in [-0.1, -0.05) is 6.07 Å².